The van der Waals surface area contributed by atoms with E-state index in [1.165, 1.54) is 0 Å². The summed E-state index contributed by atoms with van der Waals surface area (Å²) in [6, 6.07) is 3.87. The summed E-state index contributed by atoms with van der Waals surface area (Å²) in [6.45, 7) is 4.19. The van der Waals surface area contributed by atoms with E-state index in [2.05, 4.69) is 12.2 Å². The van der Waals surface area contributed by atoms with Gasteiger partial charge in [-0.2, -0.15) is 0 Å². The van der Waals surface area contributed by atoms with Crippen molar-refractivity contribution in [3.05, 3.63) is 12.1 Å². The van der Waals surface area contributed by atoms with Crippen molar-refractivity contribution in [2.24, 2.45) is 0 Å². The largest absolute Gasteiger partial charge is 0.486 e. The molecule has 0 aromatic heterocycles. The van der Waals surface area contributed by atoms with Crippen molar-refractivity contribution in [3.8, 4) is 17.2 Å². The van der Waals surface area contributed by atoms with Gasteiger partial charge in [-0.1, -0.05) is 6.92 Å². The van der Waals surface area contributed by atoms with Gasteiger partial charge < -0.3 is 19.5 Å². The lowest BCUT2D eigenvalue weighted by molar-refractivity contribution is 0.166. The average Bonchev–Trinajstić information content (AvgIpc) is 2.35. The molecule has 2 heterocycles. The second-order valence-corrected chi connectivity index (χ2v) is 4.02. The summed E-state index contributed by atoms with van der Waals surface area (Å²) in [5.74, 6) is 2.45. The van der Waals surface area contributed by atoms with E-state index in [1.54, 1.807) is 0 Å². The van der Waals surface area contributed by atoms with Crippen LogP contribution >= 0.6 is 0 Å². The molecule has 2 aliphatic heterocycles. The van der Waals surface area contributed by atoms with E-state index >= 15 is 0 Å². The summed E-state index contributed by atoms with van der Waals surface area (Å²) in [7, 11) is 0. The Kier molecular flexibility index (Phi) is 2.27. The Balaban J connectivity index is 1.95. The fourth-order valence-electron chi connectivity index (χ4n) is 1.98. The summed E-state index contributed by atoms with van der Waals surface area (Å²) in [4.78, 5) is 0. The minimum atomic E-state index is 0.245. The van der Waals surface area contributed by atoms with Gasteiger partial charge in [0.25, 0.3) is 0 Å². The van der Waals surface area contributed by atoms with Crippen LogP contribution in [0.25, 0.3) is 0 Å². The Labute approximate surface area is 94.5 Å². The molecule has 1 aromatic carbocycles. The van der Waals surface area contributed by atoms with E-state index in [0.717, 1.165) is 35.9 Å². The third-order valence-corrected chi connectivity index (χ3v) is 2.91. The van der Waals surface area contributed by atoms with Crippen LogP contribution in [0.2, 0.25) is 0 Å². The van der Waals surface area contributed by atoms with Crippen LogP contribution in [0.15, 0.2) is 12.1 Å². The van der Waals surface area contributed by atoms with Gasteiger partial charge in [0.1, 0.15) is 25.1 Å². The van der Waals surface area contributed by atoms with Gasteiger partial charge in [0.15, 0.2) is 11.5 Å². The molecular formula is C12H15NO3. The molecule has 4 heteroatoms. The number of ether oxygens (including phenoxy) is 3. The minimum Gasteiger partial charge on any atom is -0.486 e. The van der Waals surface area contributed by atoms with E-state index in [0.29, 0.717) is 13.2 Å². The van der Waals surface area contributed by atoms with Crippen molar-refractivity contribution < 1.29 is 14.2 Å². The van der Waals surface area contributed by atoms with Crippen molar-refractivity contribution >= 4 is 5.69 Å². The predicted octanol–water partition coefficient (Wildman–Crippen LogP) is 2.04. The molecule has 1 atom stereocenters. The average molecular weight is 221 g/mol. The quantitative estimate of drug-likeness (QED) is 0.787. The molecule has 0 fully saturated rings. The number of fused-ring (bicyclic) bond motifs is 2. The number of benzene rings is 1. The molecule has 0 amide bonds. The van der Waals surface area contributed by atoms with Crippen LogP contribution in [-0.4, -0.2) is 25.9 Å². The molecule has 0 aliphatic carbocycles. The highest BCUT2D eigenvalue weighted by molar-refractivity contribution is 5.65. The Morgan fingerprint density at radius 2 is 1.94 bits per heavy atom. The number of anilines is 1. The first-order chi connectivity index (χ1) is 7.86. The van der Waals surface area contributed by atoms with Crippen LogP contribution in [0, 0.1) is 0 Å². The Hall–Kier alpha value is -1.58. The second kappa shape index (κ2) is 3.77. The number of nitrogens with one attached hydrogen (secondary N) is 1. The van der Waals surface area contributed by atoms with Gasteiger partial charge in [-0.05, 0) is 6.42 Å². The lowest BCUT2D eigenvalue weighted by Gasteiger charge is -2.28. The van der Waals surface area contributed by atoms with Crippen molar-refractivity contribution in [3.63, 3.8) is 0 Å². The minimum absolute atomic E-state index is 0.245. The third-order valence-electron chi connectivity index (χ3n) is 2.91. The van der Waals surface area contributed by atoms with Crippen LogP contribution in [0.5, 0.6) is 17.2 Å². The van der Waals surface area contributed by atoms with E-state index < -0.39 is 0 Å². The van der Waals surface area contributed by atoms with Crippen LogP contribution in [0.1, 0.15) is 13.3 Å². The van der Waals surface area contributed by atoms with Gasteiger partial charge >= 0.3 is 0 Å². The summed E-state index contributed by atoms with van der Waals surface area (Å²) < 4.78 is 16.9. The Morgan fingerprint density at radius 3 is 2.69 bits per heavy atom. The van der Waals surface area contributed by atoms with Gasteiger partial charge in [-0.3, -0.25) is 0 Å². The monoisotopic (exact) mass is 221 g/mol. The smallest absolute Gasteiger partial charge is 0.165 e. The fourth-order valence-corrected chi connectivity index (χ4v) is 1.98. The molecule has 1 unspecified atom stereocenters. The molecule has 0 saturated heterocycles. The van der Waals surface area contributed by atoms with Gasteiger partial charge in [-0.25, -0.2) is 0 Å². The normalized spacial score (nSPS) is 21.7. The van der Waals surface area contributed by atoms with Gasteiger partial charge in [0.05, 0.1) is 12.2 Å². The number of rotatable bonds is 1. The third kappa shape index (κ3) is 1.54. The van der Waals surface area contributed by atoms with Gasteiger partial charge in [0.2, 0.25) is 0 Å². The molecule has 0 spiro atoms. The van der Waals surface area contributed by atoms with E-state index in [-0.39, 0.29) is 6.10 Å². The zero-order chi connectivity index (χ0) is 11.0. The summed E-state index contributed by atoms with van der Waals surface area (Å²) >= 11 is 0. The standard InChI is InChI=1S/C12H15NO3/c1-2-8-7-13-9-5-11-12(6-10(9)16-8)15-4-3-14-11/h5-6,8,13H,2-4,7H2,1H3. The summed E-state index contributed by atoms with van der Waals surface area (Å²) in [5, 5.41) is 3.35. The van der Waals surface area contributed by atoms with Crippen molar-refractivity contribution in [2.45, 2.75) is 19.4 Å². The van der Waals surface area contributed by atoms with E-state index in [1.807, 2.05) is 12.1 Å². The van der Waals surface area contributed by atoms with Gasteiger partial charge in [-0.15, -0.1) is 0 Å². The van der Waals surface area contributed by atoms with Crippen LogP contribution < -0.4 is 19.5 Å². The maximum absolute atomic E-state index is 5.85. The van der Waals surface area contributed by atoms with Crippen molar-refractivity contribution in [2.75, 3.05) is 25.1 Å². The maximum Gasteiger partial charge on any atom is 0.165 e. The first kappa shape index (κ1) is 9.63. The highest BCUT2D eigenvalue weighted by Crippen LogP contribution is 2.41. The molecule has 16 heavy (non-hydrogen) atoms. The highest BCUT2D eigenvalue weighted by Gasteiger charge is 2.22. The summed E-state index contributed by atoms with van der Waals surface area (Å²) in [5.41, 5.74) is 0.994. The van der Waals surface area contributed by atoms with Crippen LogP contribution in [-0.2, 0) is 0 Å². The Morgan fingerprint density at radius 1 is 1.19 bits per heavy atom. The molecule has 3 rings (SSSR count). The van der Waals surface area contributed by atoms with Crippen LogP contribution in [0.3, 0.4) is 0 Å². The zero-order valence-corrected chi connectivity index (χ0v) is 9.29. The lowest BCUT2D eigenvalue weighted by atomic mass is 10.2. The van der Waals surface area contributed by atoms with E-state index in [4.69, 9.17) is 14.2 Å². The lowest BCUT2D eigenvalue weighted by Crippen LogP contribution is -2.30. The van der Waals surface area contributed by atoms with Crippen LogP contribution in [0.4, 0.5) is 5.69 Å². The SMILES string of the molecule is CCC1CNc2cc3c(cc2O1)OCCO3. The molecule has 1 aromatic rings. The Bertz CT molecular complexity index is 405. The molecule has 2 aliphatic rings. The van der Waals surface area contributed by atoms with Crippen molar-refractivity contribution in [1.82, 2.24) is 0 Å². The predicted molar refractivity (Wildman–Crippen MR) is 60.6 cm³/mol. The first-order valence-corrected chi connectivity index (χ1v) is 5.71. The molecular weight excluding hydrogens is 206 g/mol. The zero-order valence-electron chi connectivity index (χ0n) is 9.29. The molecule has 0 bridgehead atoms. The van der Waals surface area contributed by atoms with Gasteiger partial charge in [0, 0.05) is 12.1 Å². The molecule has 0 radical (unpaired) electrons. The summed E-state index contributed by atoms with van der Waals surface area (Å²) in [6.07, 6.45) is 1.25. The second-order valence-electron chi connectivity index (χ2n) is 4.02. The molecule has 0 saturated carbocycles. The van der Waals surface area contributed by atoms with Crippen molar-refractivity contribution in [1.29, 1.82) is 0 Å². The first-order valence-electron chi connectivity index (χ1n) is 5.71. The number of hydrogen-bond acceptors (Lipinski definition) is 4. The molecule has 86 valence electrons. The maximum atomic E-state index is 5.85. The fraction of sp³-hybridized carbons (Fsp3) is 0.500. The highest BCUT2D eigenvalue weighted by atomic mass is 16.6. The topological polar surface area (TPSA) is 39.7 Å². The molecule has 4 nitrogen and oxygen atoms in total. The number of hydrogen-bond donors (Lipinski definition) is 1. The van der Waals surface area contributed by atoms with E-state index in [9.17, 15) is 0 Å². The molecule has 1 N–H and O–H groups in total.